The molecule has 8 heteroatoms. The van der Waals surface area contributed by atoms with E-state index in [0.29, 0.717) is 28.4 Å². The van der Waals surface area contributed by atoms with Crippen LogP contribution in [-0.2, 0) is 6.54 Å². The molecular formula is C16H13ClN4O3. The Morgan fingerprint density at radius 2 is 2.00 bits per heavy atom. The van der Waals surface area contributed by atoms with Crippen LogP contribution in [0.25, 0.3) is 0 Å². The first kappa shape index (κ1) is 16.1. The Labute approximate surface area is 142 Å². The van der Waals surface area contributed by atoms with Gasteiger partial charge in [-0.15, -0.1) is 5.10 Å². The van der Waals surface area contributed by atoms with Crippen molar-refractivity contribution in [2.75, 3.05) is 0 Å². The van der Waals surface area contributed by atoms with Crippen molar-refractivity contribution in [3.63, 3.8) is 0 Å². The Balaban J connectivity index is 1.77. The van der Waals surface area contributed by atoms with Crippen molar-refractivity contribution >= 4 is 17.6 Å². The average Bonchev–Trinajstić information content (AvgIpc) is 3.03. The summed E-state index contributed by atoms with van der Waals surface area (Å²) >= 11 is 5.83. The normalized spacial score (nSPS) is 12.1. The minimum atomic E-state index is -1.04. The Morgan fingerprint density at radius 3 is 2.71 bits per heavy atom. The third-order valence-corrected chi connectivity index (χ3v) is 3.66. The molecule has 1 unspecified atom stereocenters. The lowest BCUT2D eigenvalue weighted by molar-refractivity contribution is 0.0696. The number of carboxylic acids is 1. The maximum atomic E-state index is 11.0. The molecule has 1 aromatic carbocycles. The molecular weight excluding hydrogens is 332 g/mol. The number of aliphatic hydroxyl groups excluding tert-OH is 1. The number of carbonyl (C=O) groups is 1. The van der Waals surface area contributed by atoms with Crippen LogP contribution in [0.15, 0.2) is 48.9 Å². The summed E-state index contributed by atoms with van der Waals surface area (Å²) in [7, 11) is 0. The summed E-state index contributed by atoms with van der Waals surface area (Å²) in [6.45, 7) is 0.300. The van der Waals surface area contributed by atoms with Crippen LogP contribution in [0, 0.1) is 0 Å². The number of nitrogens with zero attached hydrogens (tertiary/aromatic N) is 4. The SMILES string of the molecule is O=C(O)c1cncc(Cn2cc(C(O)c3ccc(Cl)cc3)nn2)c1. The standard InChI is InChI=1S/C16H13ClN4O3/c17-13-3-1-11(2-4-13)15(22)14-9-21(20-19-14)8-10-5-12(16(23)24)7-18-6-10/h1-7,9,15,22H,8H2,(H,23,24). The topological polar surface area (TPSA) is 101 Å². The monoisotopic (exact) mass is 344 g/mol. The van der Waals surface area contributed by atoms with Gasteiger partial charge in [0.05, 0.1) is 18.3 Å². The number of hydrogen-bond acceptors (Lipinski definition) is 5. The number of pyridine rings is 1. The van der Waals surface area contributed by atoms with E-state index in [1.165, 1.54) is 16.9 Å². The molecule has 1 atom stereocenters. The lowest BCUT2D eigenvalue weighted by Gasteiger charge is -2.07. The van der Waals surface area contributed by atoms with Crippen LogP contribution in [-0.4, -0.2) is 36.2 Å². The van der Waals surface area contributed by atoms with Gasteiger partial charge >= 0.3 is 5.97 Å². The lowest BCUT2D eigenvalue weighted by Crippen LogP contribution is -2.04. The molecule has 122 valence electrons. The van der Waals surface area contributed by atoms with E-state index in [0.717, 1.165) is 0 Å². The fourth-order valence-corrected chi connectivity index (χ4v) is 2.34. The summed E-state index contributed by atoms with van der Waals surface area (Å²) in [6, 6.07) is 8.33. The first-order chi connectivity index (χ1) is 11.5. The highest BCUT2D eigenvalue weighted by atomic mass is 35.5. The predicted octanol–water partition coefficient (Wildman–Crippen LogP) is 2.15. The Hall–Kier alpha value is -2.77. The van der Waals surface area contributed by atoms with Gasteiger partial charge in [-0.1, -0.05) is 28.9 Å². The Morgan fingerprint density at radius 1 is 1.25 bits per heavy atom. The summed E-state index contributed by atoms with van der Waals surface area (Å²) in [5, 5.41) is 27.8. The summed E-state index contributed by atoms with van der Waals surface area (Å²) < 4.78 is 1.51. The molecule has 0 aliphatic rings. The zero-order valence-electron chi connectivity index (χ0n) is 12.4. The van der Waals surface area contributed by atoms with E-state index in [2.05, 4.69) is 15.3 Å². The van der Waals surface area contributed by atoms with E-state index in [1.54, 1.807) is 36.7 Å². The first-order valence-corrected chi connectivity index (χ1v) is 7.41. The van der Waals surface area contributed by atoms with Gasteiger partial charge in [-0.3, -0.25) is 4.98 Å². The van der Waals surface area contributed by atoms with E-state index < -0.39 is 12.1 Å². The van der Waals surface area contributed by atoms with Crippen molar-refractivity contribution in [1.29, 1.82) is 0 Å². The van der Waals surface area contributed by atoms with Crippen LogP contribution < -0.4 is 0 Å². The van der Waals surface area contributed by atoms with E-state index >= 15 is 0 Å². The molecule has 2 aromatic heterocycles. The highest BCUT2D eigenvalue weighted by molar-refractivity contribution is 6.30. The van der Waals surface area contributed by atoms with Crippen molar-refractivity contribution in [1.82, 2.24) is 20.0 Å². The number of halogens is 1. The van der Waals surface area contributed by atoms with Gasteiger partial charge in [0.2, 0.25) is 0 Å². The van der Waals surface area contributed by atoms with Gasteiger partial charge in [-0.2, -0.15) is 0 Å². The molecule has 0 aliphatic carbocycles. The van der Waals surface area contributed by atoms with E-state index in [-0.39, 0.29) is 5.56 Å². The van der Waals surface area contributed by atoms with Gasteiger partial charge < -0.3 is 10.2 Å². The van der Waals surface area contributed by atoms with Crippen LogP contribution in [0.4, 0.5) is 0 Å². The van der Waals surface area contributed by atoms with Crippen molar-refractivity contribution < 1.29 is 15.0 Å². The van der Waals surface area contributed by atoms with Gasteiger partial charge in [0, 0.05) is 17.4 Å². The molecule has 2 N–H and O–H groups in total. The number of rotatable bonds is 5. The summed E-state index contributed by atoms with van der Waals surface area (Å²) in [5.41, 5.74) is 1.82. The fourth-order valence-electron chi connectivity index (χ4n) is 2.21. The van der Waals surface area contributed by atoms with Gasteiger partial charge in [0.15, 0.2) is 0 Å². The molecule has 3 rings (SSSR count). The van der Waals surface area contributed by atoms with Crippen molar-refractivity contribution in [2.45, 2.75) is 12.6 Å². The summed E-state index contributed by atoms with van der Waals surface area (Å²) in [6.07, 6.45) is 3.53. The second-order valence-corrected chi connectivity index (χ2v) is 5.62. The minimum absolute atomic E-state index is 0.106. The minimum Gasteiger partial charge on any atom is -0.478 e. The largest absolute Gasteiger partial charge is 0.478 e. The number of benzene rings is 1. The molecule has 0 saturated heterocycles. The molecule has 3 aromatic rings. The lowest BCUT2D eigenvalue weighted by atomic mass is 10.1. The van der Waals surface area contributed by atoms with Crippen LogP contribution in [0.1, 0.15) is 33.3 Å². The number of hydrogen-bond donors (Lipinski definition) is 2. The quantitative estimate of drug-likeness (QED) is 0.735. The number of aromatic carboxylic acids is 1. The fraction of sp³-hybridized carbons (Fsp3) is 0.125. The predicted molar refractivity (Wildman–Crippen MR) is 85.8 cm³/mol. The Bertz CT molecular complexity index is 864. The first-order valence-electron chi connectivity index (χ1n) is 7.03. The molecule has 0 radical (unpaired) electrons. The van der Waals surface area contributed by atoms with Crippen LogP contribution in [0.5, 0.6) is 0 Å². The van der Waals surface area contributed by atoms with Crippen molar-refractivity contribution in [2.24, 2.45) is 0 Å². The van der Waals surface area contributed by atoms with Crippen LogP contribution >= 0.6 is 11.6 Å². The molecule has 0 saturated carbocycles. The van der Waals surface area contributed by atoms with Crippen molar-refractivity contribution in [3.8, 4) is 0 Å². The molecule has 0 bridgehead atoms. The van der Waals surface area contributed by atoms with Crippen LogP contribution in [0.2, 0.25) is 5.02 Å². The van der Waals surface area contributed by atoms with Crippen LogP contribution in [0.3, 0.4) is 0 Å². The molecule has 24 heavy (non-hydrogen) atoms. The highest BCUT2D eigenvalue weighted by Gasteiger charge is 2.15. The molecule has 7 nitrogen and oxygen atoms in total. The number of carboxylic acid groups (broad SMARTS) is 1. The number of aromatic nitrogens is 4. The number of aliphatic hydroxyl groups is 1. The molecule has 0 spiro atoms. The Kier molecular flexibility index (Phi) is 4.54. The van der Waals surface area contributed by atoms with Crippen molar-refractivity contribution in [3.05, 3.63) is 76.3 Å². The average molecular weight is 345 g/mol. The summed E-state index contributed by atoms with van der Waals surface area (Å²) in [5.74, 6) is -1.04. The third-order valence-electron chi connectivity index (χ3n) is 3.41. The third kappa shape index (κ3) is 3.58. The molecule has 0 fully saturated rings. The second kappa shape index (κ2) is 6.77. The molecule has 0 aliphatic heterocycles. The highest BCUT2D eigenvalue weighted by Crippen LogP contribution is 2.21. The maximum Gasteiger partial charge on any atom is 0.337 e. The molecule has 2 heterocycles. The summed E-state index contributed by atoms with van der Waals surface area (Å²) in [4.78, 5) is 14.9. The zero-order chi connectivity index (χ0) is 17.1. The van der Waals surface area contributed by atoms with E-state index in [9.17, 15) is 9.90 Å². The maximum absolute atomic E-state index is 11.0. The van der Waals surface area contributed by atoms with E-state index in [1.807, 2.05) is 0 Å². The van der Waals surface area contributed by atoms with Gasteiger partial charge in [0.1, 0.15) is 11.8 Å². The van der Waals surface area contributed by atoms with Gasteiger partial charge in [-0.25, -0.2) is 9.48 Å². The molecule has 0 amide bonds. The van der Waals surface area contributed by atoms with Gasteiger partial charge in [-0.05, 0) is 29.3 Å². The smallest absolute Gasteiger partial charge is 0.337 e. The van der Waals surface area contributed by atoms with E-state index in [4.69, 9.17) is 16.7 Å². The zero-order valence-corrected chi connectivity index (χ0v) is 13.1. The van der Waals surface area contributed by atoms with Gasteiger partial charge in [0.25, 0.3) is 0 Å². The second-order valence-electron chi connectivity index (χ2n) is 5.18.